The molecule has 2 atom stereocenters. The zero-order valence-electron chi connectivity index (χ0n) is 18.9. The van der Waals surface area contributed by atoms with Gasteiger partial charge in [-0.3, -0.25) is 14.6 Å². The molecule has 0 bridgehead atoms. The molecule has 1 aromatic carbocycles. The van der Waals surface area contributed by atoms with Gasteiger partial charge in [-0.25, -0.2) is 0 Å². The van der Waals surface area contributed by atoms with Crippen molar-refractivity contribution in [2.75, 3.05) is 32.7 Å². The van der Waals surface area contributed by atoms with Crippen molar-refractivity contribution in [3.63, 3.8) is 0 Å². The summed E-state index contributed by atoms with van der Waals surface area (Å²) in [6, 6.07) is 8.11. The summed E-state index contributed by atoms with van der Waals surface area (Å²) in [6.45, 7) is 3.35. The van der Waals surface area contributed by atoms with E-state index in [0.29, 0.717) is 38.9 Å². The second-order valence-electron chi connectivity index (χ2n) is 7.70. The molecule has 1 rings (SSSR count). The number of aliphatic imine (C=N–C) groups is 1. The zero-order valence-corrected chi connectivity index (χ0v) is 18.9. The molecule has 0 aromatic heterocycles. The highest BCUT2D eigenvalue weighted by atomic mass is 16.2. The van der Waals surface area contributed by atoms with Crippen LogP contribution in [-0.4, -0.2) is 62.6 Å². The van der Waals surface area contributed by atoms with Crippen LogP contribution in [0.3, 0.4) is 0 Å². The van der Waals surface area contributed by atoms with Crippen LogP contribution in [0.4, 0.5) is 0 Å². The van der Waals surface area contributed by atoms with E-state index < -0.39 is 12.1 Å². The number of guanidine groups is 1. The van der Waals surface area contributed by atoms with E-state index in [9.17, 15) is 9.59 Å². The number of unbranched alkanes of at least 4 members (excludes halogenated alkanes) is 1. The maximum absolute atomic E-state index is 12.8. The standard InChI is InChI=1S/C22H40N8O2/c23-11-4-5-12-27-13-7-15-28-21(32)19(16-17-8-2-1-3-9-17)30-20(31)18(24)10-6-14-29-22(25)26/h1-3,8-9,18-19,27H,4-7,10-16,23-24H2,(H,28,32)(H,30,31)(H4,25,26,29)/t18-,19-/m0/s1. The van der Waals surface area contributed by atoms with Crippen molar-refractivity contribution < 1.29 is 9.59 Å². The Kier molecular flexibility index (Phi) is 14.5. The van der Waals surface area contributed by atoms with Gasteiger partial charge in [0.1, 0.15) is 6.04 Å². The molecule has 11 N–H and O–H groups in total. The predicted octanol–water partition coefficient (Wildman–Crippen LogP) is -1.07. The summed E-state index contributed by atoms with van der Waals surface area (Å²) in [5, 5.41) is 9.04. The van der Waals surface area contributed by atoms with Gasteiger partial charge in [-0.1, -0.05) is 30.3 Å². The first-order chi connectivity index (χ1) is 15.4. The van der Waals surface area contributed by atoms with Crippen molar-refractivity contribution in [2.45, 2.75) is 50.6 Å². The smallest absolute Gasteiger partial charge is 0.242 e. The number of carbonyl (C=O) groups is 2. The van der Waals surface area contributed by atoms with Crippen LogP contribution in [0.1, 0.15) is 37.7 Å². The number of hydrogen-bond acceptors (Lipinski definition) is 6. The number of nitrogens with zero attached hydrogens (tertiary/aromatic N) is 1. The third-order valence-electron chi connectivity index (χ3n) is 4.86. The molecule has 0 aliphatic rings. The Labute approximate surface area is 190 Å². The van der Waals surface area contributed by atoms with Crippen LogP contribution in [0.15, 0.2) is 35.3 Å². The van der Waals surface area contributed by atoms with Crippen molar-refractivity contribution in [3.05, 3.63) is 35.9 Å². The van der Waals surface area contributed by atoms with E-state index in [0.717, 1.165) is 37.9 Å². The molecule has 0 saturated heterocycles. The highest BCUT2D eigenvalue weighted by Gasteiger charge is 2.23. The molecule has 0 aliphatic heterocycles. The van der Waals surface area contributed by atoms with E-state index in [1.807, 2.05) is 30.3 Å². The lowest BCUT2D eigenvalue weighted by atomic mass is 10.0. The van der Waals surface area contributed by atoms with Gasteiger partial charge in [0.15, 0.2) is 5.96 Å². The summed E-state index contributed by atoms with van der Waals surface area (Å²) in [5.41, 5.74) is 23.0. The molecule has 0 heterocycles. The fraction of sp³-hybridized carbons (Fsp3) is 0.591. The van der Waals surface area contributed by atoms with Gasteiger partial charge in [0.2, 0.25) is 11.8 Å². The Morgan fingerprint density at radius 1 is 0.938 bits per heavy atom. The fourth-order valence-electron chi connectivity index (χ4n) is 3.06. The number of amides is 2. The van der Waals surface area contributed by atoms with Gasteiger partial charge in [-0.2, -0.15) is 0 Å². The molecule has 2 amide bonds. The van der Waals surface area contributed by atoms with Crippen LogP contribution in [0.2, 0.25) is 0 Å². The van der Waals surface area contributed by atoms with E-state index in [1.165, 1.54) is 0 Å². The number of rotatable bonds is 17. The van der Waals surface area contributed by atoms with Crippen molar-refractivity contribution in [3.8, 4) is 0 Å². The molecular formula is C22H40N8O2. The first-order valence-corrected chi connectivity index (χ1v) is 11.3. The fourth-order valence-corrected chi connectivity index (χ4v) is 3.06. The van der Waals surface area contributed by atoms with Crippen molar-refractivity contribution in [1.29, 1.82) is 0 Å². The molecule has 0 fully saturated rings. The SMILES string of the molecule is NCCCCNCCCNC(=O)[C@H](Cc1ccccc1)NC(=O)[C@@H](N)CCCN=C(N)N. The molecule has 1 aromatic rings. The maximum atomic E-state index is 12.8. The van der Waals surface area contributed by atoms with Gasteiger partial charge >= 0.3 is 0 Å². The van der Waals surface area contributed by atoms with Gasteiger partial charge in [-0.05, 0) is 57.3 Å². The summed E-state index contributed by atoms with van der Waals surface area (Å²) in [4.78, 5) is 29.2. The second-order valence-corrected chi connectivity index (χ2v) is 7.70. The molecule has 0 aliphatic carbocycles. The minimum Gasteiger partial charge on any atom is -0.370 e. The van der Waals surface area contributed by atoms with Crippen molar-refractivity contribution >= 4 is 17.8 Å². The van der Waals surface area contributed by atoms with Crippen LogP contribution in [0, 0.1) is 0 Å². The summed E-state index contributed by atoms with van der Waals surface area (Å²) in [6.07, 6.45) is 4.21. The second kappa shape index (κ2) is 16.9. The summed E-state index contributed by atoms with van der Waals surface area (Å²) < 4.78 is 0. The third-order valence-corrected chi connectivity index (χ3v) is 4.86. The van der Waals surface area contributed by atoms with E-state index in [1.54, 1.807) is 0 Å². The van der Waals surface area contributed by atoms with Crippen LogP contribution >= 0.6 is 0 Å². The van der Waals surface area contributed by atoms with Gasteiger partial charge < -0.3 is 38.9 Å². The summed E-state index contributed by atoms with van der Waals surface area (Å²) in [7, 11) is 0. The highest BCUT2D eigenvalue weighted by Crippen LogP contribution is 2.05. The average Bonchev–Trinajstić information content (AvgIpc) is 2.78. The largest absolute Gasteiger partial charge is 0.370 e. The first kappa shape index (κ1) is 27.3. The van der Waals surface area contributed by atoms with Gasteiger partial charge in [0.25, 0.3) is 0 Å². The van der Waals surface area contributed by atoms with E-state index in [-0.39, 0.29) is 17.8 Å². The monoisotopic (exact) mass is 448 g/mol. The van der Waals surface area contributed by atoms with Crippen LogP contribution in [0.5, 0.6) is 0 Å². The van der Waals surface area contributed by atoms with E-state index in [4.69, 9.17) is 22.9 Å². The predicted molar refractivity (Wildman–Crippen MR) is 129 cm³/mol. The lowest BCUT2D eigenvalue weighted by molar-refractivity contribution is -0.129. The van der Waals surface area contributed by atoms with Crippen LogP contribution < -0.4 is 38.9 Å². The van der Waals surface area contributed by atoms with Gasteiger partial charge in [0.05, 0.1) is 6.04 Å². The lowest BCUT2D eigenvalue weighted by Crippen LogP contribution is -2.52. The zero-order chi connectivity index (χ0) is 23.6. The minimum absolute atomic E-state index is 0.00776. The number of benzene rings is 1. The highest BCUT2D eigenvalue weighted by molar-refractivity contribution is 5.89. The Balaban J connectivity index is 2.52. The number of nitrogens with two attached hydrogens (primary N) is 4. The molecule has 0 saturated carbocycles. The molecular weight excluding hydrogens is 408 g/mol. The van der Waals surface area contributed by atoms with Crippen molar-refractivity contribution in [2.24, 2.45) is 27.9 Å². The summed E-state index contributed by atoms with van der Waals surface area (Å²) in [5.74, 6) is -0.584. The Morgan fingerprint density at radius 2 is 1.66 bits per heavy atom. The average molecular weight is 449 g/mol. The number of hydrogen-bond donors (Lipinski definition) is 7. The number of nitrogens with one attached hydrogen (secondary N) is 3. The first-order valence-electron chi connectivity index (χ1n) is 11.3. The van der Waals surface area contributed by atoms with Crippen LogP contribution in [0.25, 0.3) is 0 Å². The topological polar surface area (TPSA) is 187 Å². The summed E-state index contributed by atoms with van der Waals surface area (Å²) >= 11 is 0. The van der Waals surface area contributed by atoms with Gasteiger partial charge in [0, 0.05) is 19.5 Å². The molecule has 0 spiro atoms. The molecule has 180 valence electrons. The molecule has 0 radical (unpaired) electrons. The maximum Gasteiger partial charge on any atom is 0.242 e. The molecule has 10 nitrogen and oxygen atoms in total. The van der Waals surface area contributed by atoms with E-state index >= 15 is 0 Å². The number of carbonyl (C=O) groups excluding carboxylic acids is 2. The van der Waals surface area contributed by atoms with E-state index in [2.05, 4.69) is 20.9 Å². The van der Waals surface area contributed by atoms with Crippen molar-refractivity contribution in [1.82, 2.24) is 16.0 Å². The lowest BCUT2D eigenvalue weighted by Gasteiger charge is -2.21. The Bertz CT molecular complexity index is 680. The molecule has 0 unspecified atom stereocenters. The molecule has 10 heteroatoms. The normalized spacial score (nSPS) is 12.6. The minimum atomic E-state index is -0.743. The van der Waals surface area contributed by atoms with Gasteiger partial charge in [-0.15, -0.1) is 0 Å². The molecule has 32 heavy (non-hydrogen) atoms. The Hall–Kier alpha value is -2.69. The van der Waals surface area contributed by atoms with Crippen LogP contribution in [-0.2, 0) is 16.0 Å². The Morgan fingerprint density at radius 3 is 2.34 bits per heavy atom. The third kappa shape index (κ3) is 12.9. The quantitative estimate of drug-likeness (QED) is 0.0897.